The Bertz CT molecular complexity index is 422. The molecule has 17 heavy (non-hydrogen) atoms. The van der Waals surface area contributed by atoms with Gasteiger partial charge in [-0.25, -0.2) is 8.78 Å². The van der Waals surface area contributed by atoms with E-state index in [1.807, 2.05) is 0 Å². The molecular formula is C13H16ClF2N. The van der Waals surface area contributed by atoms with Gasteiger partial charge in [0.25, 0.3) is 5.92 Å². The fourth-order valence-electron chi connectivity index (χ4n) is 1.82. The average molecular weight is 260 g/mol. The minimum Gasteiger partial charge on any atom is -0.325 e. The summed E-state index contributed by atoms with van der Waals surface area (Å²) in [5, 5.41) is 0.410. The third-order valence-electron chi connectivity index (χ3n) is 3.34. The highest BCUT2D eigenvalue weighted by Crippen LogP contribution is 2.37. The molecule has 0 atom stereocenters. The zero-order valence-corrected chi connectivity index (χ0v) is 10.5. The van der Waals surface area contributed by atoms with Crippen LogP contribution in [0.2, 0.25) is 5.02 Å². The van der Waals surface area contributed by atoms with E-state index in [0.717, 1.165) is 38.2 Å². The van der Waals surface area contributed by atoms with Gasteiger partial charge in [0.2, 0.25) is 0 Å². The van der Waals surface area contributed by atoms with Crippen molar-refractivity contribution in [1.82, 2.24) is 0 Å². The molecule has 4 heteroatoms. The molecule has 0 radical (unpaired) electrons. The molecule has 1 saturated carbocycles. The molecule has 1 fully saturated rings. The standard InChI is InChI=1S/C13H16ClF2N/c1-12(15,16)10-3-2-9(11(14)8-10)4-5-13(17)6-7-13/h2-3,8H,4-7,17H2,1H3. The number of hydrogen-bond donors (Lipinski definition) is 1. The quantitative estimate of drug-likeness (QED) is 0.873. The van der Waals surface area contributed by atoms with Crippen LogP contribution in [0.5, 0.6) is 0 Å². The van der Waals surface area contributed by atoms with Gasteiger partial charge >= 0.3 is 0 Å². The molecule has 1 aromatic rings. The van der Waals surface area contributed by atoms with Gasteiger partial charge in [-0.3, -0.25) is 0 Å². The van der Waals surface area contributed by atoms with E-state index >= 15 is 0 Å². The van der Waals surface area contributed by atoms with Gasteiger partial charge in [-0.05, 0) is 37.3 Å². The molecule has 0 bridgehead atoms. The Hall–Kier alpha value is -0.670. The first-order chi connectivity index (χ1) is 7.80. The van der Waals surface area contributed by atoms with Crippen molar-refractivity contribution in [2.75, 3.05) is 0 Å². The maximum Gasteiger partial charge on any atom is 0.270 e. The summed E-state index contributed by atoms with van der Waals surface area (Å²) in [6.45, 7) is 0.872. The summed E-state index contributed by atoms with van der Waals surface area (Å²) in [5.41, 5.74) is 6.81. The normalized spacial score (nSPS) is 18.2. The second-order valence-corrected chi connectivity index (χ2v) is 5.46. The number of hydrogen-bond acceptors (Lipinski definition) is 1. The molecular weight excluding hydrogens is 244 g/mol. The second kappa shape index (κ2) is 4.21. The van der Waals surface area contributed by atoms with Crippen LogP contribution in [0.25, 0.3) is 0 Å². The Kier molecular flexibility index (Phi) is 3.17. The van der Waals surface area contributed by atoms with Gasteiger partial charge in [0.15, 0.2) is 0 Å². The summed E-state index contributed by atoms with van der Waals surface area (Å²) in [7, 11) is 0. The maximum atomic E-state index is 13.1. The van der Waals surface area contributed by atoms with Gasteiger partial charge in [-0.2, -0.15) is 0 Å². The molecule has 0 aliphatic heterocycles. The highest BCUT2D eigenvalue weighted by Gasteiger charge is 2.37. The van der Waals surface area contributed by atoms with Crippen molar-refractivity contribution in [3.05, 3.63) is 34.3 Å². The van der Waals surface area contributed by atoms with Crippen molar-refractivity contribution < 1.29 is 8.78 Å². The van der Waals surface area contributed by atoms with Crippen molar-refractivity contribution in [2.24, 2.45) is 5.73 Å². The summed E-state index contributed by atoms with van der Waals surface area (Å²) < 4.78 is 26.1. The largest absolute Gasteiger partial charge is 0.325 e. The first-order valence-electron chi connectivity index (χ1n) is 5.76. The van der Waals surface area contributed by atoms with Crippen molar-refractivity contribution in [2.45, 2.75) is 44.1 Å². The van der Waals surface area contributed by atoms with Gasteiger partial charge in [-0.1, -0.05) is 23.7 Å². The predicted molar refractivity (Wildman–Crippen MR) is 65.5 cm³/mol. The van der Waals surface area contributed by atoms with Gasteiger partial charge < -0.3 is 5.73 Å². The topological polar surface area (TPSA) is 26.0 Å². The van der Waals surface area contributed by atoms with E-state index in [1.54, 1.807) is 6.07 Å². The van der Waals surface area contributed by atoms with E-state index in [4.69, 9.17) is 17.3 Å². The zero-order chi connectivity index (χ0) is 12.7. The van der Waals surface area contributed by atoms with Crippen LogP contribution in [0, 0.1) is 0 Å². The van der Waals surface area contributed by atoms with E-state index in [9.17, 15) is 8.78 Å². The molecule has 0 spiro atoms. The van der Waals surface area contributed by atoms with Crippen molar-refractivity contribution in [3.8, 4) is 0 Å². The van der Waals surface area contributed by atoms with Crippen molar-refractivity contribution in [3.63, 3.8) is 0 Å². The molecule has 0 aromatic heterocycles. The summed E-state index contributed by atoms with van der Waals surface area (Å²) in [4.78, 5) is 0. The fraction of sp³-hybridized carbons (Fsp3) is 0.538. The number of halogens is 3. The molecule has 94 valence electrons. The van der Waals surface area contributed by atoms with Crippen molar-refractivity contribution >= 4 is 11.6 Å². The number of nitrogens with two attached hydrogens (primary N) is 1. The highest BCUT2D eigenvalue weighted by atomic mass is 35.5. The molecule has 0 unspecified atom stereocenters. The van der Waals surface area contributed by atoms with Gasteiger partial charge in [0, 0.05) is 23.0 Å². The van der Waals surface area contributed by atoms with Gasteiger partial charge in [0.05, 0.1) is 0 Å². The fourth-order valence-corrected chi connectivity index (χ4v) is 2.09. The zero-order valence-electron chi connectivity index (χ0n) is 9.77. The first kappa shape index (κ1) is 12.8. The van der Waals surface area contributed by atoms with Crippen molar-refractivity contribution in [1.29, 1.82) is 0 Å². The molecule has 1 aromatic carbocycles. The monoisotopic (exact) mass is 259 g/mol. The lowest BCUT2D eigenvalue weighted by Gasteiger charge is -2.14. The molecule has 2 N–H and O–H groups in total. The third-order valence-corrected chi connectivity index (χ3v) is 3.70. The molecule has 1 aliphatic carbocycles. The number of alkyl halides is 2. The maximum absolute atomic E-state index is 13.1. The third kappa shape index (κ3) is 3.17. The number of aryl methyl sites for hydroxylation is 1. The highest BCUT2D eigenvalue weighted by molar-refractivity contribution is 6.31. The van der Waals surface area contributed by atoms with Crippen LogP contribution in [0.4, 0.5) is 8.78 Å². The molecule has 0 heterocycles. The molecule has 1 nitrogen and oxygen atoms in total. The first-order valence-corrected chi connectivity index (χ1v) is 6.14. The molecule has 1 aliphatic rings. The van der Waals surface area contributed by atoms with Gasteiger partial charge in [-0.15, -0.1) is 0 Å². The van der Waals surface area contributed by atoms with Crippen LogP contribution >= 0.6 is 11.6 Å². The van der Waals surface area contributed by atoms with Crippen LogP contribution in [0.15, 0.2) is 18.2 Å². The smallest absolute Gasteiger partial charge is 0.270 e. The molecule has 0 saturated heterocycles. The summed E-state index contributed by atoms with van der Waals surface area (Å²) in [5.74, 6) is -2.84. The summed E-state index contributed by atoms with van der Waals surface area (Å²) in [6.07, 6.45) is 3.73. The van der Waals surface area contributed by atoms with E-state index in [0.29, 0.717) is 5.02 Å². The SMILES string of the molecule is CC(F)(F)c1ccc(CCC2(N)CC2)c(Cl)c1. The van der Waals surface area contributed by atoms with E-state index < -0.39 is 5.92 Å². The average Bonchev–Trinajstić information content (AvgIpc) is 2.94. The summed E-state index contributed by atoms with van der Waals surface area (Å²) >= 11 is 6.01. The number of benzene rings is 1. The van der Waals surface area contributed by atoms with Crippen LogP contribution < -0.4 is 5.73 Å². The Labute approximate surface area is 105 Å². The van der Waals surface area contributed by atoms with Crippen LogP contribution in [0.3, 0.4) is 0 Å². The Morgan fingerprint density at radius 2 is 2.06 bits per heavy atom. The summed E-state index contributed by atoms with van der Waals surface area (Å²) in [6, 6.07) is 4.48. The second-order valence-electron chi connectivity index (χ2n) is 5.06. The van der Waals surface area contributed by atoms with Crippen LogP contribution in [-0.2, 0) is 12.3 Å². The minimum atomic E-state index is -2.84. The van der Waals surface area contributed by atoms with E-state index in [-0.39, 0.29) is 11.1 Å². The predicted octanol–water partition coefficient (Wildman–Crippen LogP) is 3.88. The lowest BCUT2D eigenvalue weighted by atomic mass is 10.0. The van der Waals surface area contributed by atoms with E-state index in [2.05, 4.69) is 0 Å². The molecule has 0 amide bonds. The Morgan fingerprint density at radius 1 is 1.41 bits per heavy atom. The minimum absolute atomic E-state index is 0.0311. The lowest BCUT2D eigenvalue weighted by molar-refractivity contribution is 0.0174. The Morgan fingerprint density at radius 3 is 2.53 bits per heavy atom. The van der Waals surface area contributed by atoms with E-state index in [1.165, 1.54) is 12.1 Å². The van der Waals surface area contributed by atoms with Gasteiger partial charge in [0.1, 0.15) is 0 Å². The van der Waals surface area contributed by atoms with Crippen LogP contribution in [0.1, 0.15) is 37.3 Å². The lowest BCUT2D eigenvalue weighted by Crippen LogP contribution is -2.22. The Balaban J connectivity index is 2.09. The number of rotatable bonds is 4. The molecule has 2 rings (SSSR count). The van der Waals surface area contributed by atoms with Crippen LogP contribution in [-0.4, -0.2) is 5.54 Å².